The van der Waals surface area contributed by atoms with E-state index >= 15 is 0 Å². The van der Waals surface area contributed by atoms with Gasteiger partial charge in [-0.1, -0.05) is 0 Å². The maximum Gasteiger partial charge on any atom is 0.144 e. The highest BCUT2D eigenvalue weighted by Gasteiger charge is 2.42. The van der Waals surface area contributed by atoms with Gasteiger partial charge in [0.1, 0.15) is 5.78 Å². The Bertz CT molecular complexity index is 363. The van der Waals surface area contributed by atoms with Crippen molar-refractivity contribution < 1.29 is 4.79 Å². The Labute approximate surface area is 92.9 Å². The van der Waals surface area contributed by atoms with E-state index in [4.69, 9.17) is 0 Å². The molecule has 0 aliphatic carbocycles. The van der Waals surface area contributed by atoms with Crippen molar-refractivity contribution in [3.05, 3.63) is 16.6 Å². The normalized spacial score (nSPS) is 33.5. The lowest BCUT2D eigenvalue weighted by atomic mass is 9.85. The molecule has 2 bridgehead atoms. The molecule has 1 aromatic rings. The second-order valence-electron chi connectivity index (χ2n) is 4.46. The van der Waals surface area contributed by atoms with Crippen molar-refractivity contribution in [1.82, 2.24) is 10.3 Å². The number of Topliss-reactive ketones (excluding diaryl/α,β-unsaturated/α-hetero) is 1. The lowest BCUT2D eigenvalue weighted by Crippen LogP contribution is -2.29. The molecule has 3 rings (SSSR count). The zero-order valence-corrected chi connectivity index (χ0v) is 9.30. The number of nitrogens with zero attached hydrogens (tertiary/aromatic N) is 1. The first-order valence-corrected chi connectivity index (χ1v) is 6.38. The van der Waals surface area contributed by atoms with Crippen LogP contribution in [0.3, 0.4) is 0 Å². The van der Waals surface area contributed by atoms with Crippen LogP contribution in [0.5, 0.6) is 0 Å². The molecular formula is C11H14N2OS. The van der Waals surface area contributed by atoms with Gasteiger partial charge in [0.2, 0.25) is 0 Å². The van der Waals surface area contributed by atoms with E-state index in [0.717, 1.165) is 11.4 Å². The largest absolute Gasteiger partial charge is 0.310 e. The third-order valence-electron chi connectivity index (χ3n) is 3.52. The van der Waals surface area contributed by atoms with E-state index in [1.54, 1.807) is 17.5 Å². The fourth-order valence-corrected chi connectivity index (χ4v) is 3.43. The van der Waals surface area contributed by atoms with Crippen LogP contribution in [-0.2, 0) is 11.2 Å². The van der Waals surface area contributed by atoms with Gasteiger partial charge in [-0.15, -0.1) is 11.3 Å². The molecule has 4 heteroatoms. The zero-order valence-electron chi connectivity index (χ0n) is 8.48. The molecular weight excluding hydrogens is 208 g/mol. The predicted molar refractivity (Wildman–Crippen MR) is 58.9 cm³/mol. The quantitative estimate of drug-likeness (QED) is 0.840. The number of nitrogens with one attached hydrogen (secondary N) is 1. The molecule has 0 radical (unpaired) electrons. The van der Waals surface area contributed by atoms with Gasteiger partial charge in [-0.3, -0.25) is 4.79 Å². The van der Waals surface area contributed by atoms with Crippen LogP contribution in [0.15, 0.2) is 11.6 Å². The SMILES string of the molecule is O=C(Cc1nccs1)C1CC2CCC1N2. The molecule has 3 atom stereocenters. The molecule has 2 aliphatic rings. The molecule has 0 aromatic carbocycles. The summed E-state index contributed by atoms with van der Waals surface area (Å²) in [6, 6.07) is 1.07. The Morgan fingerprint density at radius 1 is 1.60 bits per heavy atom. The molecule has 2 fully saturated rings. The summed E-state index contributed by atoms with van der Waals surface area (Å²) in [4.78, 5) is 16.2. The minimum atomic E-state index is 0.257. The van der Waals surface area contributed by atoms with E-state index in [1.165, 1.54) is 12.8 Å². The molecule has 0 amide bonds. The van der Waals surface area contributed by atoms with Gasteiger partial charge in [-0.2, -0.15) is 0 Å². The van der Waals surface area contributed by atoms with Crippen molar-refractivity contribution in [2.75, 3.05) is 0 Å². The van der Waals surface area contributed by atoms with Crippen LogP contribution in [-0.4, -0.2) is 22.9 Å². The number of aromatic nitrogens is 1. The van der Waals surface area contributed by atoms with Crippen molar-refractivity contribution in [3.8, 4) is 0 Å². The fourth-order valence-electron chi connectivity index (χ4n) is 2.80. The van der Waals surface area contributed by atoms with Crippen LogP contribution in [0.2, 0.25) is 0 Å². The molecule has 3 nitrogen and oxygen atoms in total. The maximum absolute atomic E-state index is 12.0. The number of hydrogen-bond acceptors (Lipinski definition) is 4. The number of rotatable bonds is 3. The summed E-state index contributed by atoms with van der Waals surface area (Å²) in [5, 5.41) is 6.39. The molecule has 3 heterocycles. The molecule has 1 aromatic heterocycles. The number of carbonyl (C=O) groups excluding carboxylic acids is 1. The van der Waals surface area contributed by atoms with E-state index in [9.17, 15) is 4.79 Å². The van der Waals surface area contributed by atoms with Crippen LogP contribution < -0.4 is 5.32 Å². The standard InChI is InChI=1S/C11H14N2OS/c14-10(6-11-12-3-4-15-11)8-5-7-1-2-9(8)13-7/h3-4,7-9,13H,1-2,5-6H2. The molecule has 2 saturated heterocycles. The lowest BCUT2D eigenvalue weighted by molar-refractivity contribution is -0.122. The Hall–Kier alpha value is -0.740. The van der Waals surface area contributed by atoms with Crippen molar-refractivity contribution >= 4 is 17.1 Å². The summed E-state index contributed by atoms with van der Waals surface area (Å²) in [6.45, 7) is 0. The van der Waals surface area contributed by atoms with Crippen molar-refractivity contribution in [2.45, 2.75) is 37.8 Å². The second-order valence-corrected chi connectivity index (χ2v) is 5.44. The highest BCUT2D eigenvalue weighted by Crippen LogP contribution is 2.34. The van der Waals surface area contributed by atoms with Crippen LogP contribution in [0, 0.1) is 5.92 Å². The van der Waals surface area contributed by atoms with Gasteiger partial charge >= 0.3 is 0 Å². The molecule has 80 valence electrons. The molecule has 0 saturated carbocycles. The van der Waals surface area contributed by atoms with E-state index in [0.29, 0.717) is 24.3 Å². The number of thiazole rings is 1. The third kappa shape index (κ3) is 1.72. The van der Waals surface area contributed by atoms with Crippen molar-refractivity contribution in [3.63, 3.8) is 0 Å². The van der Waals surface area contributed by atoms with Crippen molar-refractivity contribution in [2.24, 2.45) is 5.92 Å². The topological polar surface area (TPSA) is 42.0 Å². The fraction of sp³-hybridized carbons (Fsp3) is 0.636. The van der Waals surface area contributed by atoms with Gasteiger partial charge in [0.25, 0.3) is 0 Å². The highest BCUT2D eigenvalue weighted by atomic mass is 32.1. The number of fused-ring (bicyclic) bond motifs is 2. The van der Waals surface area contributed by atoms with E-state index < -0.39 is 0 Å². The van der Waals surface area contributed by atoms with E-state index in [1.807, 2.05) is 5.38 Å². The van der Waals surface area contributed by atoms with Gasteiger partial charge in [-0.05, 0) is 19.3 Å². The molecule has 0 spiro atoms. The van der Waals surface area contributed by atoms with E-state index in [2.05, 4.69) is 10.3 Å². The van der Waals surface area contributed by atoms with Gasteiger partial charge < -0.3 is 5.32 Å². The first-order chi connectivity index (χ1) is 7.33. The summed E-state index contributed by atoms with van der Waals surface area (Å²) < 4.78 is 0. The maximum atomic E-state index is 12.0. The Morgan fingerprint density at radius 3 is 3.13 bits per heavy atom. The van der Waals surface area contributed by atoms with Gasteiger partial charge in [0.05, 0.1) is 11.4 Å². The predicted octanol–water partition coefficient (Wildman–Crippen LogP) is 1.40. The molecule has 1 N–H and O–H groups in total. The molecule has 2 aliphatic heterocycles. The van der Waals surface area contributed by atoms with Gasteiger partial charge in [0, 0.05) is 29.6 Å². The summed E-state index contributed by atoms with van der Waals surface area (Å²) in [5.74, 6) is 0.636. The number of carbonyl (C=O) groups is 1. The summed E-state index contributed by atoms with van der Waals surface area (Å²) in [7, 11) is 0. The van der Waals surface area contributed by atoms with Crippen LogP contribution in [0.1, 0.15) is 24.3 Å². The average molecular weight is 222 g/mol. The molecule has 3 unspecified atom stereocenters. The Morgan fingerprint density at radius 2 is 2.53 bits per heavy atom. The monoisotopic (exact) mass is 222 g/mol. The number of ketones is 1. The highest BCUT2D eigenvalue weighted by molar-refractivity contribution is 7.09. The zero-order chi connectivity index (χ0) is 10.3. The average Bonchev–Trinajstić information content (AvgIpc) is 2.93. The van der Waals surface area contributed by atoms with Crippen LogP contribution in [0.4, 0.5) is 0 Å². The summed E-state index contributed by atoms with van der Waals surface area (Å²) in [5.41, 5.74) is 0. The van der Waals surface area contributed by atoms with Crippen LogP contribution >= 0.6 is 11.3 Å². The van der Waals surface area contributed by atoms with Gasteiger partial charge in [-0.25, -0.2) is 4.98 Å². The number of hydrogen-bond donors (Lipinski definition) is 1. The summed E-state index contributed by atoms with van der Waals surface area (Å²) in [6.07, 6.45) is 5.79. The minimum absolute atomic E-state index is 0.257. The first kappa shape index (κ1) is 9.48. The third-order valence-corrected chi connectivity index (χ3v) is 4.30. The smallest absolute Gasteiger partial charge is 0.144 e. The Balaban J connectivity index is 1.66. The minimum Gasteiger partial charge on any atom is -0.310 e. The van der Waals surface area contributed by atoms with Crippen LogP contribution in [0.25, 0.3) is 0 Å². The van der Waals surface area contributed by atoms with Crippen molar-refractivity contribution in [1.29, 1.82) is 0 Å². The lowest BCUT2D eigenvalue weighted by Gasteiger charge is -2.17. The first-order valence-electron chi connectivity index (χ1n) is 5.50. The van der Waals surface area contributed by atoms with Gasteiger partial charge in [0.15, 0.2) is 0 Å². The second kappa shape index (κ2) is 3.68. The van der Waals surface area contributed by atoms with E-state index in [-0.39, 0.29) is 5.92 Å². The Kier molecular flexibility index (Phi) is 2.33. The summed E-state index contributed by atoms with van der Waals surface area (Å²) >= 11 is 1.58. The molecule has 15 heavy (non-hydrogen) atoms.